The summed E-state index contributed by atoms with van der Waals surface area (Å²) in [5.74, 6) is 0.0499. The Balaban J connectivity index is 2.71. The first-order valence-corrected chi connectivity index (χ1v) is 5.74. The zero-order chi connectivity index (χ0) is 12.8. The van der Waals surface area contributed by atoms with Crippen LogP contribution in [0.4, 0.5) is 16.2 Å². The van der Waals surface area contributed by atoms with Gasteiger partial charge in [-0.2, -0.15) is 4.98 Å². The third-order valence-corrected chi connectivity index (χ3v) is 2.16. The Morgan fingerprint density at radius 1 is 1.47 bits per heavy atom. The third-order valence-electron chi connectivity index (χ3n) is 2.16. The van der Waals surface area contributed by atoms with Crippen LogP contribution >= 0.6 is 0 Å². The lowest BCUT2D eigenvalue weighted by Crippen LogP contribution is -2.22. The Hall–Kier alpha value is -1.43. The van der Waals surface area contributed by atoms with E-state index in [1.807, 2.05) is 13.8 Å². The summed E-state index contributed by atoms with van der Waals surface area (Å²) in [5, 5.41) is 15.1. The topological polar surface area (TPSA) is 70.1 Å². The van der Waals surface area contributed by atoms with Gasteiger partial charge in [0, 0.05) is 12.6 Å². The summed E-state index contributed by atoms with van der Waals surface area (Å²) in [4.78, 5) is 7.83. The first-order chi connectivity index (χ1) is 8.02. The van der Waals surface area contributed by atoms with Gasteiger partial charge in [0.15, 0.2) is 11.6 Å². The van der Waals surface area contributed by atoms with E-state index in [0.29, 0.717) is 18.9 Å². The highest BCUT2D eigenvalue weighted by atomic mass is 19.1. The summed E-state index contributed by atoms with van der Waals surface area (Å²) in [7, 11) is 0. The SMILES string of the molecule is CCNc1ncc(F)c(NC(C)CC(C)O)n1. The van der Waals surface area contributed by atoms with E-state index in [4.69, 9.17) is 0 Å². The molecular formula is C11H19FN4O. The zero-order valence-electron chi connectivity index (χ0n) is 10.4. The molecule has 0 aliphatic heterocycles. The van der Waals surface area contributed by atoms with Crippen molar-refractivity contribution in [1.29, 1.82) is 0 Å². The van der Waals surface area contributed by atoms with E-state index in [-0.39, 0.29) is 11.9 Å². The molecule has 6 heteroatoms. The molecule has 1 aromatic heterocycles. The minimum Gasteiger partial charge on any atom is -0.393 e. The third kappa shape index (κ3) is 4.52. The number of halogens is 1. The second-order valence-electron chi connectivity index (χ2n) is 4.05. The largest absolute Gasteiger partial charge is 0.393 e. The molecule has 1 aromatic rings. The molecule has 96 valence electrons. The number of aliphatic hydroxyl groups is 1. The van der Waals surface area contributed by atoms with Crippen LogP contribution in [0.15, 0.2) is 6.20 Å². The Bertz CT molecular complexity index is 359. The summed E-state index contributed by atoms with van der Waals surface area (Å²) in [6.07, 6.45) is 1.22. The quantitative estimate of drug-likeness (QED) is 0.707. The fourth-order valence-corrected chi connectivity index (χ4v) is 1.52. The molecule has 0 saturated carbocycles. The molecule has 5 nitrogen and oxygen atoms in total. The molecule has 0 amide bonds. The van der Waals surface area contributed by atoms with Crippen LogP contribution in [0.5, 0.6) is 0 Å². The monoisotopic (exact) mass is 242 g/mol. The average Bonchev–Trinajstić information content (AvgIpc) is 2.22. The Morgan fingerprint density at radius 2 is 2.18 bits per heavy atom. The second-order valence-corrected chi connectivity index (χ2v) is 4.05. The van der Waals surface area contributed by atoms with Gasteiger partial charge >= 0.3 is 0 Å². The van der Waals surface area contributed by atoms with Crippen molar-refractivity contribution in [3.05, 3.63) is 12.0 Å². The first kappa shape index (κ1) is 13.6. The molecule has 0 aromatic carbocycles. The fourth-order valence-electron chi connectivity index (χ4n) is 1.52. The van der Waals surface area contributed by atoms with E-state index in [2.05, 4.69) is 20.6 Å². The van der Waals surface area contributed by atoms with Crippen molar-refractivity contribution in [2.75, 3.05) is 17.2 Å². The molecular weight excluding hydrogens is 223 g/mol. The van der Waals surface area contributed by atoms with Gasteiger partial charge in [0.1, 0.15) is 0 Å². The number of nitrogens with one attached hydrogen (secondary N) is 2. The van der Waals surface area contributed by atoms with Gasteiger partial charge in [0.25, 0.3) is 0 Å². The molecule has 0 aliphatic carbocycles. The number of hydrogen-bond acceptors (Lipinski definition) is 5. The maximum Gasteiger partial charge on any atom is 0.224 e. The molecule has 0 bridgehead atoms. The molecule has 1 heterocycles. The average molecular weight is 242 g/mol. The number of nitrogens with zero attached hydrogens (tertiary/aromatic N) is 2. The Morgan fingerprint density at radius 3 is 2.76 bits per heavy atom. The van der Waals surface area contributed by atoms with Crippen LogP contribution in [0.25, 0.3) is 0 Å². The van der Waals surface area contributed by atoms with E-state index >= 15 is 0 Å². The molecule has 3 N–H and O–H groups in total. The molecule has 0 aliphatic rings. The normalized spacial score (nSPS) is 14.2. The predicted molar refractivity (Wildman–Crippen MR) is 65.5 cm³/mol. The van der Waals surface area contributed by atoms with Crippen LogP contribution in [-0.4, -0.2) is 33.8 Å². The fraction of sp³-hybridized carbons (Fsp3) is 0.636. The number of anilines is 2. The van der Waals surface area contributed by atoms with Gasteiger partial charge in [0.05, 0.1) is 12.3 Å². The summed E-state index contributed by atoms with van der Waals surface area (Å²) in [6, 6.07) is -0.0612. The highest BCUT2D eigenvalue weighted by Crippen LogP contribution is 2.14. The molecule has 0 radical (unpaired) electrons. The molecule has 0 saturated heterocycles. The Labute approximate surface area is 100 Å². The minimum atomic E-state index is -0.496. The summed E-state index contributed by atoms with van der Waals surface area (Å²) in [6.45, 7) is 6.14. The van der Waals surface area contributed by atoms with Crippen molar-refractivity contribution in [1.82, 2.24) is 9.97 Å². The predicted octanol–water partition coefficient (Wildman–Crippen LogP) is 1.62. The van der Waals surface area contributed by atoms with Gasteiger partial charge in [-0.05, 0) is 27.2 Å². The number of hydrogen-bond donors (Lipinski definition) is 3. The van der Waals surface area contributed by atoms with Gasteiger partial charge in [-0.25, -0.2) is 9.37 Å². The van der Waals surface area contributed by atoms with Gasteiger partial charge in [-0.1, -0.05) is 0 Å². The molecule has 2 atom stereocenters. The molecule has 17 heavy (non-hydrogen) atoms. The molecule has 2 unspecified atom stereocenters. The second kappa shape index (κ2) is 6.34. The smallest absolute Gasteiger partial charge is 0.224 e. The molecule has 1 rings (SSSR count). The lowest BCUT2D eigenvalue weighted by Gasteiger charge is -2.16. The van der Waals surface area contributed by atoms with Crippen LogP contribution in [0.2, 0.25) is 0 Å². The van der Waals surface area contributed by atoms with Crippen molar-refractivity contribution >= 4 is 11.8 Å². The van der Waals surface area contributed by atoms with Crippen molar-refractivity contribution in [2.45, 2.75) is 39.3 Å². The Kier molecular flexibility index (Phi) is 5.09. The van der Waals surface area contributed by atoms with Gasteiger partial charge in [-0.3, -0.25) is 0 Å². The summed E-state index contributed by atoms with van der Waals surface area (Å²) >= 11 is 0. The van der Waals surface area contributed by atoms with Gasteiger partial charge in [-0.15, -0.1) is 0 Å². The van der Waals surface area contributed by atoms with E-state index in [1.165, 1.54) is 0 Å². The highest BCUT2D eigenvalue weighted by Gasteiger charge is 2.11. The lowest BCUT2D eigenvalue weighted by molar-refractivity contribution is 0.179. The lowest BCUT2D eigenvalue weighted by atomic mass is 10.1. The van der Waals surface area contributed by atoms with Gasteiger partial charge in [0.2, 0.25) is 5.95 Å². The van der Waals surface area contributed by atoms with Crippen LogP contribution in [0, 0.1) is 5.82 Å². The van der Waals surface area contributed by atoms with Crippen LogP contribution in [-0.2, 0) is 0 Å². The molecule has 0 fully saturated rings. The number of aliphatic hydroxyl groups excluding tert-OH is 1. The van der Waals surface area contributed by atoms with Crippen LogP contribution in [0.1, 0.15) is 27.2 Å². The van der Waals surface area contributed by atoms with Crippen molar-refractivity contribution in [3.63, 3.8) is 0 Å². The maximum absolute atomic E-state index is 13.4. The maximum atomic E-state index is 13.4. The standard InChI is InChI=1S/C11H19FN4O/c1-4-13-11-14-6-9(12)10(16-11)15-7(2)5-8(3)17/h6-8,17H,4-5H2,1-3H3,(H2,13,14,15,16). The zero-order valence-corrected chi connectivity index (χ0v) is 10.4. The minimum absolute atomic E-state index is 0.0612. The summed E-state index contributed by atoms with van der Waals surface area (Å²) < 4.78 is 13.4. The highest BCUT2D eigenvalue weighted by molar-refractivity contribution is 5.41. The van der Waals surface area contributed by atoms with Crippen LogP contribution in [0.3, 0.4) is 0 Å². The van der Waals surface area contributed by atoms with Crippen LogP contribution < -0.4 is 10.6 Å². The van der Waals surface area contributed by atoms with Gasteiger partial charge < -0.3 is 15.7 Å². The van der Waals surface area contributed by atoms with E-state index in [9.17, 15) is 9.50 Å². The molecule has 0 spiro atoms. The number of aromatic nitrogens is 2. The van der Waals surface area contributed by atoms with E-state index in [0.717, 1.165) is 6.20 Å². The van der Waals surface area contributed by atoms with Crippen molar-refractivity contribution < 1.29 is 9.50 Å². The van der Waals surface area contributed by atoms with Crippen molar-refractivity contribution in [3.8, 4) is 0 Å². The summed E-state index contributed by atoms with van der Waals surface area (Å²) in [5.41, 5.74) is 0. The van der Waals surface area contributed by atoms with Crippen molar-refractivity contribution in [2.24, 2.45) is 0 Å². The van der Waals surface area contributed by atoms with E-state index < -0.39 is 11.9 Å². The van der Waals surface area contributed by atoms with E-state index in [1.54, 1.807) is 6.92 Å². The first-order valence-electron chi connectivity index (χ1n) is 5.74. The number of rotatable bonds is 6.